The molecule has 3 heterocycles. The van der Waals surface area contributed by atoms with Crippen molar-refractivity contribution in [2.75, 3.05) is 18.0 Å². The Kier molecular flexibility index (Phi) is 5.11. The van der Waals surface area contributed by atoms with Crippen LogP contribution in [0.4, 0.5) is 5.82 Å². The molecular formula is C20H28N4OS. The van der Waals surface area contributed by atoms with E-state index < -0.39 is 0 Å². The Labute approximate surface area is 159 Å². The van der Waals surface area contributed by atoms with Crippen molar-refractivity contribution in [2.45, 2.75) is 64.8 Å². The van der Waals surface area contributed by atoms with Crippen LogP contribution in [0.3, 0.4) is 0 Å². The lowest BCUT2D eigenvalue weighted by Gasteiger charge is -2.33. The molecule has 0 radical (unpaired) electrons. The first-order valence-electron chi connectivity index (χ1n) is 9.98. The SMILES string of the molecule is CCCC(C)NC(=O)C1CCCN(c2ncnc3sc4c(c23)CCC4)C1. The summed E-state index contributed by atoms with van der Waals surface area (Å²) in [4.78, 5) is 26.8. The van der Waals surface area contributed by atoms with Crippen LogP contribution in [0, 0.1) is 5.92 Å². The van der Waals surface area contributed by atoms with Crippen molar-refractivity contribution >= 4 is 33.3 Å². The highest BCUT2D eigenvalue weighted by atomic mass is 32.1. The number of aromatic nitrogens is 2. The second kappa shape index (κ2) is 7.51. The van der Waals surface area contributed by atoms with Gasteiger partial charge in [-0.1, -0.05) is 13.3 Å². The van der Waals surface area contributed by atoms with Crippen LogP contribution < -0.4 is 10.2 Å². The number of nitrogens with zero attached hydrogens (tertiary/aromatic N) is 3. The third kappa shape index (κ3) is 3.31. The predicted octanol–water partition coefficient (Wildman–Crippen LogP) is 3.70. The van der Waals surface area contributed by atoms with E-state index in [0.29, 0.717) is 0 Å². The molecule has 2 atom stereocenters. The maximum atomic E-state index is 12.7. The molecule has 0 bridgehead atoms. The van der Waals surface area contributed by atoms with Gasteiger partial charge in [-0.2, -0.15) is 0 Å². The number of amides is 1. The molecule has 0 saturated carbocycles. The minimum Gasteiger partial charge on any atom is -0.355 e. The zero-order valence-corrected chi connectivity index (χ0v) is 16.6. The van der Waals surface area contributed by atoms with Gasteiger partial charge in [-0.05, 0) is 51.0 Å². The monoisotopic (exact) mass is 372 g/mol. The van der Waals surface area contributed by atoms with Crippen molar-refractivity contribution in [1.29, 1.82) is 0 Å². The maximum Gasteiger partial charge on any atom is 0.225 e. The van der Waals surface area contributed by atoms with Gasteiger partial charge in [0.25, 0.3) is 0 Å². The van der Waals surface area contributed by atoms with Crippen molar-refractivity contribution in [3.63, 3.8) is 0 Å². The van der Waals surface area contributed by atoms with Crippen molar-refractivity contribution in [2.24, 2.45) is 5.92 Å². The molecule has 1 amide bonds. The van der Waals surface area contributed by atoms with Crippen molar-refractivity contribution in [3.05, 3.63) is 16.8 Å². The van der Waals surface area contributed by atoms with E-state index in [-0.39, 0.29) is 17.9 Å². The molecule has 1 fully saturated rings. The Morgan fingerprint density at radius 1 is 1.38 bits per heavy atom. The first-order valence-corrected chi connectivity index (χ1v) is 10.8. The van der Waals surface area contributed by atoms with E-state index in [1.54, 1.807) is 6.33 Å². The Hall–Kier alpha value is -1.69. The number of nitrogens with one attached hydrogen (secondary N) is 1. The molecule has 26 heavy (non-hydrogen) atoms. The summed E-state index contributed by atoms with van der Waals surface area (Å²) < 4.78 is 0. The molecule has 1 N–H and O–H groups in total. The van der Waals surface area contributed by atoms with Gasteiger partial charge in [0.2, 0.25) is 5.91 Å². The quantitative estimate of drug-likeness (QED) is 0.869. The number of hydrogen-bond acceptors (Lipinski definition) is 5. The average Bonchev–Trinajstić information content (AvgIpc) is 3.22. The van der Waals surface area contributed by atoms with Crippen LogP contribution >= 0.6 is 11.3 Å². The topological polar surface area (TPSA) is 58.1 Å². The second-order valence-electron chi connectivity index (χ2n) is 7.72. The van der Waals surface area contributed by atoms with E-state index in [1.165, 1.54) is 28.7 Å². The van der Waals surface area contributed by atoms with E-state index in [2.05, 4.69) is 34.0 Å². The molecule has 0 aromatic carbocycles. The fraction of sp³-hybridized carbons (Fsp3) is 0.650. The molecule has 1 saturated heterocycles. The highest BCUT2D eigenvalue weighted by molar-refractivity contribution is 7.19. The fourth-order valence-electron chi connectivity index (χ4n) is 4.40. The van der Waals surface area contributed by atoms with Crippen LogP contribution in [0.15, 0.2) is 6.33 Å². The normalized spacial score (nSPS) is 21.0. The Morgan fingerprint density at radius 3 is 3.12 bits per heavy atom. The smallest absolute Gasteiger partial charge is 0.225 e. The fourth-order valence-corrected chi connectivity index (χ4v) is 5.62. The minimum atomic E-state index is 0.0553. The van der Waals surface area contributed by atoms with Crippen LogP contribution in [-0.2, 0) is 17.6 Å². The van der Waals surface area contributed by atoms with Crippen LogP contribution in [0.25, 0.3) is 10.2 Å². The van der Waals surface area contributed by atoms with Crippen molar-refractivity contribution in [1.82, 2.24) is 15.3 Å². The summed E-state index contributed by atoms with van der Waals surface area (Å²) >= 11 is 1.83. The van der Waals surface area contributed by atoms with Crippen LogP contribution in [0.1, 0.15) is 56.4 Å². The number of piperidine rings is 1. The summed E-state index contributed by atoms with van der Waals surface area (Å²) in [5.74, 6) is 1.31. The largest absolute Gasteiger partial charge is 0.355 e. The Morgan fingerprint density at radius 2 is 2.27 bits per heavy atom. The van der Waals surface area contributed by atoms with Gasteiger partial charge in [-0.3, -0.25) is 4.79 Å². The third-order valence-electron chi connectivity index (χ3n) is 5.68. The number of thiophene rings is 1. The molecule has 5 nitrogen and oxygen atoms in total. The highest BCUT2D eigenvalue weighted by Crippen LogP contribution is 2.40. The molecule has 140 valence electrons. The van der Waals surface area contributed by atoms with Gasteiger partial charge >= 0.3 is 0 Å². The summed E-state index contributed by atoms with van der Waals surface area (Å²) in [5, 5.41) is 4.46. The number of rotatable bonds is 5. The van der Waals surface area contributed by atoms with E-state index >= 15 is 0 Å². The maximum absolute atomic E-state index is 12.7. The zero-order valence-electron chi connectivity index (χ0n) is 15.8. The lowest BCUT2D eigenvalue weighted by atomic mass is 9.96. The number of fused-ring (bicyclic) bond motifs is 3. The van der Waals surface area contributed by atoms with Crippen LogP contribution in [0.2, 0.25) is 0 Å². The summed E-state index contributed by atoms with van der Waals surface area (Å²) in [6.45, 7) is 6.00. The summed E-state index contributed by atoms with van der Waals surface area (Å²) in [6.07, 6.45) is 9.39. The van der Waals surface area contributed by atoms with Gasteiger partial charge in [0, 0.05) is 24.0 Å². The number of aryl methyl sites for hydroxylation is 2. The molecule has 2 aromatic rings. The number of anilines is 1. The summed E-state index contributed by atoms with van der Waals surface area (Å²) in [5.41, 5.74) is 1.46. The zero-order chi connectivity index (χ0) is 18.1. The molecule has 2 unspecified atom stereocenters. The van der Waals surface area contributed by atoms with E-state index in [0.717, 1.165) is 55.8 Å². The lowest BCUT2D eigenvalue weighted by molar-refractivity contribution is -0.125. The Bertz CT molecular complexity index is 802. The van der Waals surface area contributed by atoms with Gasteiger partial charge in [-0.25, -0.2) is 9.97 Å². The molecule has 4 rings (SSSR count). The first kappa shape index (κ1) is 17.7. The summed E-state index contributed by atoms with van der Waals surface area (Å²) in [6, 6.07) is 0.258. The molecule has 2 aromatic heterocycles. The van der Waals surface area contributed by atoms with Gasteiger partial charge in [0.1, 0.15) is 17.0 Å². The standard InChI is InChI=1S/C20H28N4OS/c1-3-6-13(2)23-19(25)14-7-5-10-24(11-14)18-17-15-8-4-9-16(15)26-20(17)22-12-21-18/h12-14H,3-11H2,1-2H3,(H,23,25). The van der Waals surface area contributed by atoms with Gasteiger partial charge < -0.3 is 10.2 Å². The number of hydrogen-bond donors (Lipinski definition) is 1. The van der Waals surface area contributed by atoms with E-state index in [1.807, 2.05) is 11.3 Å². The average molecular weight is 373 g/mol. The van der Waals surface area contributed by atoms with Crippen molar-refractivity contribution in [3.8, 4) is 0 Å². The molecule has 0 spiro atoms. The second-order valence-corrected chi connectivity index (χ2v) is 8.80. The Balaban J connectivity index is 1.55. The van der Waals surface area contributed by atoms with Gasteiger partial charge in [0.15, 0.2) is 0 Å². The first-order chi connectivity index (χ1) is 12.7. The minimum absolute atomic E-state index is 0.0553. The molecule has 1 aliphatic carbocycles. The number of carbonyl (C=O) groups excluding carboxylic acids is 1. The molecular weight excluding hydrogens is 344 g/mol. The molecule has 1 aliphatic heterocycles. The predicted molar refractivity (Wildman–Crippen MR) is 107 cm³/mol. The van der Waals surface area contributed by atoms with Gasteiger partial charge in [0.05, 0.1) is 11.3 Å². The van der Waals surface area contributed by atoms with E-state index in [4.69, 9.17) is 0 Å². The molecule has 2 aliphatic rings. The van der Waals surface area contributed by atoms with Crippen molar-refractivity contribution < 1.29 is 4.79 Å². The highest BCUT2D eigenvalue weighted by Gasteiger charge is 2.30. The van der Waals surface area contributed by atoms with Crippen LogP contribution in [0.5, 0.6) is 0 Å². The summed E-state index contributed by atoms with van der Waals surface area (Å²) in [7, 11) is 0. The van der Waals surface area contributed by atoms with Crippen LogP contribution in [-0.4, -0.2) is 35.0 Å². The third-order valence-corrected chi connectivity index (χ3v) is 6.88. The number of carbonyl (C=O) groups is 1. The van der Waals surface area contributed by atoms with E-state index in [9.17, 15) is 4.79 Å². The lowest BCUT2D eigenvalue weighted by Crippen LogP contribution is -2.45. The van der Waals surface area contributed by atoms with Gasteiger partial charge in [-0.15, -0.1) is 11.3 Å². The molecule has 6 heteroatoms.